The van der Waals surface area contributed by atoms with Crippen molar-refractivity contribution in [1.29, 1.82) is 0 Å². The molecule has 62 valence electrons. The zero-order chi connectivity index (χ0) is 8.27. The summed E-state index contributed by atoms with van der Waals surface area (Å²) in [5.41, 5.74) is 1.08. The molecule has 0 aliphatic carbocycles. The second-order valence-electron chi connectivity index (χ2n) is 2.79. The quantitative estimate of drug-likeness (QED) is 0.696. The van der Waals surface area contributed by atoms with Crippen molar-refractivity contribution in [2.45, 2.75) is 33.5 Å². The first-order valence-electron chi connectivity index (χ1n) is 3.72. The van der Waals surface area contributed by atoms with E-state index in [0.29, 0.717) is 12.7 Å². The van der Waals surface area contributed by atoms with Crippen molar-refractivity contribution in [3.8, 4) is 0 Å². The highest BCUT2D eigenvalue weighted by atomic mass is 32.1. The topological polar surface area (TPSA) is 22.1 Å². The Morgan fingerprint density at radius 2 is 2.36 bits per heavy atom. The molecule has 1 aromatic heterocycles. The normalized spacial score (nSPS) is 10.9. The smallest absolute Gasteiger partial charge is 0.0828 e. The maximum atomic E-state index is 5.41. The molecule has 0 saturated carbocycles. The minimum atomic E-state index is 0.303. The summed E-state index contributed by atoms with van der Waals surface area (Å²) in [7, 11) is 0. The molecule has 0 aliphatic heterocycles. The largest absolute Gasteiger partial charge is 0.373 e. The fourth-order valence-corrected chi connectivity index (χ4v) is 1.39. The van der Waals surface area contributed by atoms with Crippen LogP contribution in [0, 0.1) is 6.92 Å². The summed E-state index contributed by atoms with van der Waals surface area (Å²) in [6.45, 7) is 6.76. The Balaban J connectivity index is 2.39. The van der Waals surface area contributed by atoms with E-state index in [1.807, 2.05) is 20.8 Å². The van der Waals surface area contributed by atoms with Crippen molar-refractivity contribution in [2.75, 3.05) is 0 Å². The van der Waals surface area contributed by atoms with Crippen LogP contribution in [0.1, 0.15) is 24.4 Å². The highest BCUT2D eigenvalue weighted by Crippen LogP contribution is 2.10. The van der Waals surface area contributed by atoms with Crippen molar-refractivity contribution < 1.29 is 4.74 Å². The van der Waals surface area contributed by atoms with Gasteiger partial charge in [-0.15, -0.1) is 0 Å². The van der Waals surface area contributed by atoms with Gasteiger partial charge in [-0.2, -0.15) is 4.37 Å². The van der Waals surface area contributed by atoms with E-state index >= 15 is 0 Å². The molecule has 0 aromatic carbocycles. The third kappa shape index (κ3) is 2.99. The van der Waals surface area contributed by atoms with Crippen molar-refractivity contribution in [1.82, 2.24) is 4.37 Å². The number of ether oxygens (including phenoxy) is 1. The lowest BCUT2D eigenvalue weighted by molar-refractivity contribution is 0.0674. The molecule has 0 amide bonds. The van der Waals surface area contributed by atoms with Crippen LogP contribution in [0.5, 0.6) is 0 Å². The number of hydrogen-bond donors (Lipinski definition) is 0. The molecule has 0 bridgehead atoms. The van der Waals surface area contributed by atoms with Gasteiger partial charge in [0.05, 0.1) is 23.3 Å². The van der Waals surface area contributed by atoms with Gasteiger partial charge in [-0.05, 0) is 38.4 Å². The van der Waals surface area contributed by atoms with Gasteiger partial charge < -0.3 is 4.74 Å². The van der Waals surface area contributed by atoms with E-state index < -0.39 is 0 Å². The molecule has 0 saturated heterocycles. The Labute approximate surface area is 71.4 Å². The van der Waals surface area contributed by atoms with Crippen LogP contribution in [0.2, 0.25) is 0 Å². The van der Waals surface area contributed by atoms with Crippen molar-refractivity contribution >= 4 is 11.5 Å². The molecule has 2 nitrogen and oxygen atoms in total. The molecule has 1 heterocycles. The number of nitrogens with zero attached hydrogens (tertiary/aromatic N) is 1. The summed E-state index contributed by atoms with van der Waals surface area (Å²) in [6.07, 6.45) is 0.303. The molecule has 0 aliphatic rings. The Kier molecular flexibility index (Phi) is 3.02. The second kappa shape index (κ2) is 3.83. The second-order valence-corrected chi connectivity index (χ2v) is 3.68. The van der Waals surface area contributed by atoms with E-state index in [0.717, 1.165) is 5.69 Å². The fraction of sp³-hybridized carbons (Fsp3) is 0.625. The highest BCUT2D eigenvalue weighted by Gasteiger charge is 1.99. The Hall–Kier alpha value is -0.410. The van der Waals surface area contributed by atoms with Gasteiger partial charge in [0.2, 0.25) is 0 Å². The lowest BCUT2D eigenvalue weighted by Crippen LogP contribution is -2.00. The zero-order valence-electron chi connectivity index (χ0n) is 7.13. The van der Waals surface area contributed by atoms with Gasteiger partial charge in [-0.1, -0.05) is 0 Å². The van der Waals surface area contributed by atoms with Crippen molar-refractivity contribution in [3.05, 3.63) is 16.6 Å². The standard InChI is InChI=1S/C8H13NOS/c1-6(2)10-5-8-4-7(3)9-11-8/h4,6H,5H2,1-3H3. The maximum Gasteiger partial charge on any atom is 0.0828 e. The molecule has 0 radical (unpaired) electrons. The molecule has 0 fully saturated rings. The van der Waals surface area contributed by atoms with E-state index in [1.165, 1.54) is 16.4 Å². The number of rotatable bonds is 3. The molecule has 11 heavy (non-hydrogen) atoms. The monoisotopic (exact) mass is 171 g/mol. The first-order valence-corrected chi connectivity index (χ1v) is 4.49. The van der Waals surface area contributed by atoms with Crippen LogP contribution in [0.3, 0.4) is 0 Å². The summed E-state index contributed by atoms with van der Waals surface area (Å²) in [5, 5.41) is 0. The predicted octanol–water partition coefficient (Wildman–Crippen LogP) is 2.38. The zero-order valence-corrected chi connectivity index (χ0v) is 7.94. The van der Waals surface area contributed by atoms with Crippen LogP contribution in [0.15, 0.2) is 6.07 Å². The van der Waals surface area contributed by atoms with E-state index in [9.17, 15) is 0 Å². The highest BCUT2D eigenvalue weighted by molar-refractivity contribution is 7.05. The molecule has 1 rings (SSSR count). The molecular formula is C8H13NOS. The Bertz CT molecular complexity index is 220. The van der Waals surface area contributed by atoms with Crippen LogP contribution >= 0.6 is 11.5 Å². The van der Waals surface area contributed by atoms with Gasteiger partial charge in [0, 0.05) is 0 Å². The number of hydrogen-bond acceptors (Lipinski definition) is 3. The van der Waals surface area contributed by atoms with Gasteiger partial charge in [-0.3, -0.25) is 0 Å². The number of aromatic nitrogens is 1. The number of aryl methyl sites for hydroxylation is 1. The lowest BCUT2D eigenvalue weighted by atomic mass is 10.4. The summed E-state index contributed by atoms with van der Waals surface area (Å²) >= 11 is 1.52. The Morgan fingerprint density at radius 3 is 2.82 bits per heavy atom. The third-order valence-electron chi connectivity index (χ3n) is 1.24. The molecule has 3 heteroatoms. The third-order valence-corrected chi connectivity index (χ3v) is 2.09. The van der Waals surface area contributed by atoms with Crippen LogP contribution in [-0.4, -0.2) is 10.5 Å². The van der Waals surface area contributed by atoms with Crippen LogP contribution in [-0.2, 0) is 11.3 Å². The van der Waals surface area contributed by atoms with Crippen molar-refractivity contribution in [3.63, 3.8) is 0 Å². The average molecular weight is 171 g/mol. The first kappa shape index (κ1) is 8.68. The molecule has 1 aromatic rings. The lowest BCUT2D eigenvalue weighted by Gasteiger charge is -2.03. The van der Waals surface area contributed by atoms with E-state index in [-0.39, 0.29) is 0 Å². The minimum Gasteiger partial charge on any atom is -0.373 e. The summed E-state index contributed by atoms with van der Waals surface area (Å²) < 4.78 is 9.57. The van der Waals surface area contributed by atoms with Gasteiger partial charge in [0.25, 0.3) is 0 Å². The molecule has 0 unspecified atom stereocenters. The fourth-order valence-electron chi connectivity index (χ4n) is 0.733. The summed E-state index contributed by atoms with van der Waals surface area (Å²) in [4.78, 5) is 1.20. The SMILES string of the molecule is Cc1cc(COC(C)C)sn1. The van der Waals surface area contributed by atoms with Gasteiger partial charge in [-0.25, -0.2) is 0 Å². The van der Waals surface area contributed by atoms with Crippen LogP contribution < -0.4 is 0 Å². The molecule has 0 N–H and O–H groups in total. The Morgan fingerprint density at radius 1 is 1.64 bits per heavy atom. The molecular weight excluding hydrogens is 158 g/mol. The van der Waals surface area contributed by atoms with Gasteiger partial charge >= 0.3 is 0 Å². The first-order chi connectivity index (χ1) is 5.18. The van der Waals surface area contributed by atoms with E-state index in [1.54, 1.807) is 0 Å². The molecule has 0 atom stereocenters. The van der Waals surface area contributed by atoms with Crippen LogP contribution in [0.4, 0.5) is 0 Å². The van der Waals surface area contributed by atoms with Gasteiger partial charge in [0.1, 0.15) is 0 Å². The molecule has 0 spiro atoms. The van der Waals surface area contributed by atoms with Gasteiger partial charge in [0.15, 0.2) is 0 Å². The maximum absolute atomic E-state index is 5.41. The van der Waals surface area contributed by atoms with Crippen LogP contribution in [0.25, 0.3) is 0 Å². The summed E-state index contributed by atoms with van der Waals surface area (Å²) in [6, 6.07) is 2.06. The van der Waals surface area contributed by atoms with E-state index in [4.69, 9.17) is 4.74 Å². The average Bonchev–Trinajstić information content (AvgIpc) is 2.31. The summed E-state index contributed by atoms with van der Waals surface area (Å²) in [5.74, 6) is 0. The minimum absolute atomic E-state index is 0.303. The predicted molar refractivity (Wildman–Crippen MR) is 46.8 cm³/mol. The van der Waals surface area contributed by atoms with Crippen molar-refractivity contribution in [2.24, 2.45) is 0 Å². The van der Waals surface area contributed by atoms with E-state index in [2.05, 4.69) is 10.4 Å².